The van der Waals surface area contributed by atoms with E-state index in [0.29, 0.717) is 4.88 Å². The third kappa shape index (κ3) is 4.89. The van der Waals surface area contributed by atoms with Crippen molar-refractivity contribution in [1.29, 1.82) is 0 Å². The number of thiophene rings is 1. The molecule has 1 aromatic heterocycles. The van der Waals surface area contributed by atoms with Gasteiger partial charge in [0.25, 0.3) is 5.91 Å². The van der Waals surface area contributed by atoms with Gasteiger partial charge in [0.05, 0.1) is 6.54 Å². The fourth-order valence-electron chi connectivity index (χ4n) is 1.66. The third-order valence-electron chi connectivity index (χ3n) is 2.73. The van der Waals surface area contributed by atoms with Crippen molar-refractivity contribution in [1.82, 2.24) is 5.32 Å². The Labute approximate surface area is 135 Å². The first-order chi connectivity index (χ1) is 11.0. The van der Waals surface area contributed by atoms with Crippen molar-refractivity contribution >= 4 is 29.1 Å². The van der Waals surface area contributed by atoms with Crippen molar-refractivity contribution in [2.75, 3.05) is 13.2 Å². The van der Waals surface area contributed by atoms with E-state index in [4.69, 9.17) is 10.5 Å². The normalized spacial score (nSPS) is 10.1. The molecule has 2 aromatic rings. The number of carbonyl (C=O) groups excluding carboxylic acids is 3. The lowest BCUT2D eigenvalue weighted by molar-refractivity contribution is -0.127. The Morgan fingerprint density at radius 1 is 1.13 bits per heavy atom. The molecule has 1 aromatic carbocycles. The standard InChI is InChI=1S/C15H13FN2O4S/c16-10-3-1-9(2-4-10)11-5-6-12(23-11)15(21)22-8-14(20)18-7-13(17)19/h1-6H,7-8H2,(H2,17,19)(H,18,20). The largest absolute Gasteiger partial charge is 0.451 e. The Balaban J connectivity index is 1.92. The van der Waals surface area contributed by atoms with Crippen molar-refractivity contribution in [2.24, 2.45) is 5.73 Å². The summed E-state index contributed by atoms with van der Waals surface area (Å²) in [5.41, 5.74) is 5.64. The monoisotopic (exact) mass is 336 g/mol. The maximum Gasteiger partial charge on any atom is 0.348 e. The molecule has 8 heteroatoms. The second-order valence-corrected chi connectivity index (χ2v) is 5.57. The lowest BCUT2D eigenvalue weighted by Gasteiger charge is -2.03. The number of ether oxygens (including phenoxy) is 1. The summed E-state index contributed by atoms with van der Waals surface area (Å²) in [6, 6.07) is 9.14. The topological polar surface area (TPSA) is 98.5 Å². The number of amides is 2. The van der Waals surface area contributed by atoms with E-state index in [1.54, 1.807) is 24.3 Å². The minimum absolute atomic E-state index is 0.312. The van der Waals surface area contributed by atoms with E-state index in [1.807, 2.05) is 0 Å². The maximum atomic E-state index is 12.9. The van der Waals surface area contributed by atoms with Gasteiger partial charge in [-0.25, -0.2) is 9.18 Å². The first kappa shape index (κ1) is 16.6. The zero-order valence-electron chi connectivity index (χ0n) is 11.9. The second-order valence-electron chi connectivity index (χ2n) is 4.49. The molecular formula is C15H13FN2O4S. The van der Waals surface area contributed by atoms with E-state index in [0.717, 1.165) is 10.4 Å². The van der Waals surface area contributed by atoms with Crippen molar-refractivity contribution in [2.45, 2.75) is 0 Å². The molecule has 23 heavy (non-hydrogen) atoms. The fraction of sp³-hybridized carbons (Fsp3) is 0.133. The SMILES string of the molecule is NC(=O)CNC(=O)COC(=O)c1ccc(-c2ccc(F)cc2)s1. The first-order valence-electron chi connectivity index (χ1n) is 6.53. The van der Waals surface area contributed by atoms with E-state index in [2.05, 4.69) is 5.32 Å². The summed E-state index contributed by atoms with van der Waals surface area (Å²) in [4.78, 5) is 34.7. The highest BCUT2D eigenvalue weighted by Crippen LogP contribution is 2.28. The molecule has 2 rings (SSSR count). The molecule has 3 N–H and O–H groups in total. The highest BCUT2D eigenvalue weighted by Gasteiger charge is 2.13. The molecule has 0 fully saturated rings. The molecule has 0 aliphatic heterocycles. The van der Waals surface area contributed by atoms with Gasteiger partial charge in [-0.15, -0.1) is 11.3 Å². The Bertz CT molecular complexity index is 727. The Hall–Kier alpha value is -2.74. The van der Waals surface area contributed by atoms with Crippen LogP contribution in [0.3, 0.4) is 0 Å². The predicted molar refractivity (Wildman–Crippen MR) is 82.2 cm³/mol. The average molecular weight is 336 g/mol. The van der Waals surface area contributed by atoms with Crippen LogP contribution in [0.5, 0.6) is 0 Å². The van der Waals surface area contributed by atoms with Crippen LogP contribution in [0.15, 0.2) is 36.4 Å². The minimum Gasteiger partial charge on any atom is -0.451 e. The summed E-state index contributed by atoms with van der Waals surface area (Å²) in [5.74, 6) is -2.30. The van der Waals surface area contributed by atoms with Crippen molar-refractivity contribution in [3.05, 3.63) is 47.1 Å². The molecule has 6 nitrogen and oxygen atoms in total. The van der Waals surface area contributed by atoms with Crippen LogP contribution in [-0.2, 0) is 14.3 Å². The van der Waals surface area contributed by atoms with Gasteiger partial charge in [-0.05, 0) is 29.8 Å². The number of esters is 1. The highest BCUT2D eigenvalue weighted by atomic mass is 32.1. The van der Waals surface area contributed by atoms with Gasteiger partial charge in [0.1, 0.15) is 10.7 Å². The highest BCUT2D eigenvalue weighted by molar-refractivity contribution is 7.17. The van der Waals surface area contributed by atoms with Crippen LogP contribution in [-0.4, -0.2) is 30.9 Å². The van der Waals surface area contributed by atoms with Gasteiger partial charge in [-0.3, -0.25) is 9.59 Å². The van der Waals surface area contributed by atoms with Crippen LogP contribution in [0.25, 0.3) is 10.4 Å². The average Bonchev–Trinajstić information content (AvgIpc) is 3.01. The molecule has 0 unspecified atom stereocenters. The van der Waals surface area contributed by atoms with Crippen LogP contribution in [0.4, 0.5) is 4.39 Å². The van der Waals surface area contributed by atoms with Gasteiger partial charge in [0, 0.05) is 4.88 Å². The summed E-state index contributed by atoms with van der Waals surface area (Å²) >= 11 is 1.17. The summed E-state index contributed by atoms with van der Waals surface area (Å²) in [5, 5.41) is 2.20. The molecule has 0 bridgehead atoms. The number of carbonyl (C=O) groups is 3. The summed E-state index contributed by atoms with van der Waals surface area (Å²) in [6.45, 7) is -0.819. The van der Waals surface area contributed by atoms with Crippen molar-refractivity contribution < 1.29 is 23.5 Å². The van der Waals surface area contributed by atoms with Crippen LogP contribution in [0.2, 0.25) is 0 Å². The Kier molecular flexibility index (Phi) is 5.42. The Morgan fingerprint density at radius 3 is 2.48 bits per heavy atom. The Morgan fingerprint density at radius 2 is 1.83 bits per heavy atom. The van der Waals surface area contributed by atoms with Crippen LogP contribution >= 0.6 is 11.3 Å². The third-order valence-corrected chi connectivity index (χ3v) is 3.84. The number of nitrogens with one attached hydrogen (secondary N) is 1. The molecule has 0 aliphatic rings. The van der Waals surface area contributed by atoms with Gasteiger partial charge in [-0.2, -0.15) is 0 Å². The van der Waals surface area contributed by atoms with E-state index >= 15 is 0 Å². The quantitative estimate of drug-likeness (QED) is 0.777. The van der Waals surface area contributed by atoms with Crippen LogP contribution < -0.4 is 11.1 Å². The van der Waals surface area contributed by atoms with Gasteiger partial charge < -0.3 is 15.8 Å². The lowest BCUT2D eigenvalue weighted by atomic mass is 10.2. The molecule has 1 heterocycles. The van der Waals surface area contributed by atoms with Gasteiger partial charge in [0.2, 0.25) is 5.91 Å². The maximum absolute atomic E-state index is 12.9. The molecule has 0 aliphatic carbocycles. The van der Waals surface area contributed by atoms with E-state index in [9.17, 15) is 18.8 Å². The van der Waals surface area contributed by atoms with Crippen LogP contribution in [0.1, 0.15) is 9.67 Å². The summed E-state index contributed by atoms with van der Waals surface area (Å²) in [6.07, 6.45) is 0. The number of halogens is 1. The molecule has 0 saturated heterocycles. The molecule has 0 radical (unpaired) electrons. The second kappa shape index (κ2) is 7.50. The zero-order valence-corrected chi connectivity index (χ0v) is 12.7. The molecule has 0 atom stereocenters. The van der Waals surface area contributed by atoms with Gasteiger partial charge in [0.15, 0.2) is 6.61 Å². The van der Waals surface area contributed by atoms with Crippen molar-refractivity contribution in [3.8, 4) is 10.4 Å². The predicted octanol–water partition coefficient (Wildman–Crippen LogP) is 1.31. The molecule has 120 valence electrons. The number of benzene rings is 1. The molecule has 0 spiro atoms. The van der Waals surface area contributed by atoms with Gasteiger partial charge in [-0.1, -0.05) is 12.1 Å². The van der Waals surface area contributed by atoms with Crippen LogP contribution in [0, 0.1) is 5.82 Å². The fourth-order valence-corrected chi connectivity index (χ4v) is 2.56. The van der Waals surface area contributed by atoms with E-state index < -0.39 is 24.4 Å². The number of hydrogen-bond donors (Lipinski definition) is 2. The number of rotatable bonds is 6. The number of nitrogens with two attached hydrogens (primary N) is 1. The molecular weight excluding hydrogens is 323 g/mol. The minimum atomic E-state index is -0.688. The molecule has 2 amide bonds. The van der Waals surface area contributed by atoms with E-state index in [-0.39, 0.29) is 12.4 Å². The lowest BCUT2D eigenvalue weighted by Crippen LogP contribution is -2.35. The first-order valence-corrected chi connectivity index (χ1v) is 7.35. The zero-order chi connectivity index (χ0) is 16.8. The summed E-state index contributed by atoms with van der Waals surface area (Å²) < 4.78 is 17.7. The summed E-state index contributed by atoms with van der Waals surface area (Å²) in [7, 11) is 0. The van der Waals surface area contributed by atoms with E-state index in [1.165, 1.54) is 23.5 Å². The van der Waals surface area contributed by atoms with Gasteiger partial charge >= 0.3 is 5.97 Å². The number of primary amides is 1. The smallest absolute Gasteiger partial charge is 0.348 e. The van der Waals surface area contributed by atoms with Crippen molar-refractivity contribution in [3.63, 3.8) is 0 Å². The molecule has 0 saturated carbocycles. The number of hydrogen-bond acceptors (Lipinski definition) is 5.